The number of carbonyl (C=O) groups excluding carboxylic acids is 4. The molecule has 2 aliphatic carbocycles. The number of rotatable bonds is 9. The quantitative estimate of drug-likeness (QED) is 0.270. The maximum Gasteiger partial charge on any atom is 0.427 e. The average molecular weight is 891 g/mol. The van der Waals surface area contributed by atoms with Gasteiger partial charge in [-0.25, -0.2) is 13.2 Å². The van der Waals surface area contributed by atoms with Crippen molar-refractivity contribution in [3.05, 3.63) is 36.4 Å². The molecule has 1 aromatic carbocycles. The molecule has 0 radical (unpaired) electrons. The van der Waals surface area contributed by atoms with Crippen LogP contribution in [-0.4, -0.2) is 109 Å². The van der Waals surface area contributed by atoms with Crippen LogP contribution in [0.4, 0.5) is 23.8 Å². The van der Waals surface area contributed by atoms with Crippen LogP contribution in [0.3, 0.4) is 0 Å². The number of nitrogens with zero attached hydrogens (tertiary/aromatic N) is 3. The number of alkyl halides is 3. The van der Waals surface area contributed by atoms with Gasteiger partial charge in [-0.2, -0.15) is 18.2 Å². The Labute approximate surface area is 359 Å². The summed E-state index contributed by atoms with van der Waals surface area (Å²) in [6.07, 6.45) is 0.666. The summed E-state index contributed by atoms with van der Waals surface area (Å²) in [6.45, 7) is 7.96. The molecule has 0 spiro atoms. The van der Waals surface area contributed by atoms with Crippen molar-refractivity contribution in [1.29, 1.82) is 0 Å². The molecule has 2 aromatic rings. The van der Waals surface area contributed by atoms with Gasteiger partial charge in [0.05, 0.1) is 18.4 Å². The molecular weight excluding hydrogens is 834 g/mol. The molecule has 4 fully saturated rings. The second-order valence-electron chi connectivity index (χ2n) is 18.5. The molecule has 0 bridgehead atoms. The summed E-state index contributed by atoms with van der Waals surface area (Å²) in [4.78, 5) is 65.1. The van der Waals surface area contributed by atoms with Gasteiger partial charge in [-0.1, -0.05) is 26.0 Å². The Morgan fingerprint density at radius 3 is 2.42 bits per heavy atom. The predicted octanol–water partition coefficient (Wildman–Crippen LogP) is 5.51. The highest BCUT2D eigenvalue weighted by Crippen LogP contribution is 2.48. The number of benzene rings is 1. The van der Waals surface area contributed by atoms with Crippen LogP contribution in [-0.2, 0) is 29.1 Å². The zero-order valence-electron chi connectivity index (χ0n) is 36.0. The first-order valence-electron chi connectivity index (χ1n) is 21.4. The number of nitrogens with one attached hydrogen (secondary N) is 3. The molecule has 1 aromatic heterocycles. The third kappa shape index (κ3) is 9.14. The summed E-state index contributed by atoms with van der Waals surface area (Å²) in [7, 11) is -2.53. The van der Waals surface area contributed by atoms with E-state index < -0.39 is 85.9 Å². The Balaban J connectivity index is 1.25. The molecule has 15 nitrogen and oxygen atoms in total. The highest BCUT2D eigenvalue weighted by atomic mass is 32.2. The summed E-state index contributed by atoms with van der Waals surface area (Å²) in [5, 5.41) is 6.66. The fourth-order valence-electron chi connectivity index (χ4n) is 8.72. The molecule has 62 heavy (non-hydrogen) atoms. The molecule has 3 N–H and O–H groups in total. The fraction of sp³-hybridized carbons (Fsp3) is 0.651. The summed E-state index contributed by atoms with van der Waals surface area (Å²) < 4.78 is 86.1. The van der Waals surface area contributed by atoms with Crippen LogP contribution in [0.15, 0.2) is 36.4 Å². The van der Waals surface area contributed by atoms with E-state index in [9.17, 15) is 40.8 Å². The molecule has 7 rings (SSSR count). The number of methoxy groups -OCH3 is 1. The molecule has 5 aliphatic rings. The number of amides is 4. The SMILES string of the molecule is COc1ccc2c(O[C@@H]3C[C@H]4C(=O)N[C@]5(C(=O)NS(=O)(=O)C6(C)CC6)C[C@H]5/C=C\CC[C@H](C)C[C@@H](C)[C@H](NC(=O)OC(C)(C)C(F)(F)F)C(=O)N4C3)nc(N3CCCC3)cc2c1. The third-order valence-corrected chi connectivity index (χ3v) is 15.4. The van der Waals surface area contributed by atoms with Crippen molar-refractivity contribution in [3.8, 4) is 11.6 Å². The lowest BCUT2D eigenvalue weighted by atomic mass is 9.88. The largest absolute Gasteiger partial charge is 0.497 e. The first-order chi connectivity index (χ1) is 29.1. The molecule has 4 heterocycles. The van der Waals surface area contributed by atoms with Gasteiger partial charge in [0.25, 0.3) is 5.91 Å². The van der Waals surface area contributed by atoms with Crippen molar-refractivity contribution >= 4 is 50.4 Å². The Kier molecular flexibility index (Phi) is 12.2. The number of hydrogen-bond acceptors (Lipinski definition) is 11. The van der Waals surface area contributed by atoms with Crippen molar-refractivity contribution in [1.82, 2.24) is 25.2 Å². The summed E-state index contributed by atoms with van der Waals surface area (Å²) in [6, 6.07) is 4.59. The molecule has 7 atom stereocenters. The van der Waals surface area contributed by atoms with E-state index in [4.69, 9.17) is 19.2 Å². The van der Waals surface area contributed by atoms with Crippen LogP contribution in [0.25, 0.3) is 10.8 Å². The smallest absolute Gasteiger partial charge is 0.427 e. The van der Waals surface area contributed by atoms with Crippen LogP contribution in [0, 0.1) is 17.8 Å². The normalized spacial score (nSPS) is 29.6. The maximum atomic E-state index is 14.9. The lowest BCUT2D eigenvalue weighted by Gasteiger charge is -2.34. The van der Waals surface area contributed by atoms with Gasteiger partial charge in [-0.3, -0.25) is 19.1 Å². The number of ether oxygens (including phenoxy) is 3. The van der Waals surface area contributed by atoms with Gasteiger partial charge in [0.15, 0.2) is 0 Å². The van der Waals surface area contributed by atoms with E-state index in [1.165, 1.54) is 4.90 Å². The number of allylic oxidation sites excluding steroid dienone is 1. The second kappa shape index (κ2) is 16.7. The van der Waals surface area contributed by atoms with Crippen molar-refractivity contribution in [2.75, 3.05) is 31.6 Å². The number of hydrogen-bond donors (Lipinski definition) is 3. The number of sulfonamides is 1. The van der Waals surface area contributed by atoms with Gasteiger partial charge in [0.1, 0.15) is 35.3 Å². The van der Waals surface area contributed by atoms with Gasteiger partial charge in [0.2, 0.25) is 33.3 Å². The van der Waals surface area contributed by atoms with E-state index in [0.29, 0.717) is 62.9 Å². The Morgan fingerprint density at radius 2 is 1.76 bits per heavy atom. The fourth-order valence-corrected chi connectivity index (χ4v) is 10.0. The van der Waals surface area contributed by atoms with Gasteiger partial charge in [0, 0.05) is 30.8 Å². The van der Waals surface area contributed by atoms with Crippen molar-refractivity contribution < 1.29 is 55.0 Å². The molecule has 340 valence electrons. The highest BCUT2D eigenvalue weighted by molar-refractivity contribution is 7.91. The average Bonchev–Trinajstić information content (AvgIpc) is 3.94. The number of halogens is 3. The van der Waals surface area contributed by atoms with E-state index in [1.54, 1.807) is 39.2 Å². The molecule has 2 saturated heterocycles. The minimum Gasteiger partial charge on any atom is -0.497 e. The van der Waals surface area contributed by atoms with Gasteiger partial charge in [-0.15, -0.1) is 0 Å². The first-order valence-corrected chi connectivity index (χ1v) is 22.9. The Morgan fingerprint density at radius 1 is 1.05 bits per heavy atom. The van der Waals surface area contributed by atoms with Gasteiger partial charge in [-0.05, 0) is 114 Å². The summed E-state index contributed by atoms with van der Waals surface area (Å²) in [5.41, 5.74) is -4.54. The minimum atomic E-state index is -4.92. The van der Waals surface area contributed by atoms with E-state index in [-0.39, 0.29) is 31.2 Å². The predicted molar refractivity (Wildman–Crippen MR) is 223 cm³/mol. The van der Waals surface area contributed by atoms with E-state index in [0.717, 1.165) is 31.3 Å². The van der Waals surface area contributed by atoms with E-state index >= 15 is 0 Å². The Hall–Kier alpha value is -4.81. The second-order valence-corrected chi connectivity index (χ2v) is 20.7. The van der Waals surface area contributed by atoms with Crippen molar-refractivity contribution in [3.63, 3.8) is 0 Å². The molecule has 19 heteroatoms. The molecule has 2 saturated carbocycles. The molecule has 0 unspecified atom stereocenters. The van der Waals surface area contributed by atoms with Crippen LogP contribution in [0.2, 0.25) is 0 Å². The number of fused-ring (bicyclic) bond motifs is 3. The summed E-state index contributed by atoms with van der Waals surface area (Å²) in [5.74, 6) is -2.14. The molecular formula is C43H57F3N6O9S. The van der Waals surface area contributed by atoms with E-state index in [2.05, 4.69) is 20.3 Å². The lowest BCUT2D eigenvalue weighted by molar-refractivity contribution is -0.244. The van der Waals surface area contributed by atoms with E-state index in [1.807, 2.05) is 25.1 Å². The zero-order chi connectivity index (χ0) is 45.0. The number of aromatic nitrogens is 1. The minimum absolute atomic E-state index is 0.0396. The third-order valence-electron chi connectivity index (χ3n) is 13.3. The molecule has 4 amide bonds. The highest BCUT2D eigenvalue weighted by Gasteiger charge is 2.63. The monoisotopic (exact) mass is 890 g/mol. The Bertz CT molecular complexity index is 2230. The summed E-state index contributed by atoms with van der Waals surface area (Å²) >= 11 is 0. The number of alkyl carbamates (subject to hydrolysis) is 1. The first kappa shape index (κ1) is 45.2. The van der Waals surface area contributed by atoms with Crippen LogP contribution in [0.1, 0.15) is 92.4 Å². The topological polar surface area (TPSA) is 186 Å². The van der Waals surface area contributed by atoms with Crippen molar-refractivity contribution in [2.24, 2.45) is 17.8 Å². The molecule has 3 aliphatic heterocycles. The van der Waals surface area contributed by atoms with Crippen LogP contribution < -0.4 is 29.7 Å². The van der Waals surface area contributed by atoms with Gasteiger partial charge >= 0.3 is 12.3 Å². The van der Waals surface area contributed by atoms with Gasteiger partial charge < -0.3 is 34.6 Å². The van der Waals surface area contributed by atoms with Crippen molar-refractivity contribution in [2.45, 2.75) is 133 Å². The van der Waals surface area contributed by atoms with Crippen LogP contribution >= 0.6 is 0 Å². The number of anilines is 1. The van der Waals surface area contributed by atoms with Crippen LogP contribution in [0.5, 0.6) is 11.6 Å². The zero-order valence-corrected chi connectivity index (χ0v) is 36.8. The standard InChI is InChI=1S/C43H57F3N6O9S/c1-25-11-7-8-12-28-23-42(28,38(55)50-62(57,58)41(5)15-16-41)49-35(53)32-22-30(24-52(32)37(54)34(26(2)19-25)48-39(56)61-40(3,4)43(44,45)46)60-36-31-14-13-29(59-6)20-27(31)21-33(47-36)51-17-9-10-18-51/h8,12-14,20-21,25-26,28,30,32,34H,7,9-11,15-19,22-24H2,1-6H3,(H,48,56)(H,49,53)(H,50,55)/b12-8-/t25-,26+,28+,30+,32-,34-,42+/m0/s1. The number of carbonyl (C=O) groups is 4. The number of pyridine rings is 1. The maximum absolute atomic E-state index is 14.9. The lowest BCUT2D eigenvalue weighted by Crippen LogP contribution is -2.59.